The molecule has 1 unspecified atom stereocenters. The highest BCUT2D eigenvalue weighted by Gasteiger charge is 2.33. The first kappa shape index (κ1) is 15.5. The number of nitrogens with zero attached hydrogens (tertiary/aromatic N) is 5. The molecule has 1 aromatic heterocycles. The molecule has 1 saturated heterocycles. The maximum Gasteiger partial charge on any atom is 0.219 e. The van der Waals surface area contributed by atoms with Crippen molar-refractivity contribution in [2.75, 3.05) is 13.1 Å². The van der Waals surface area contributed by atoms with E-state index in [0.29, 0.717) is 12.1 Å². The summed E-state index contributed by atoms with van der Waals surface area (Å²) in [5.41, 5.74) is 0. The zero-order chi connectivity index (χ0) is 15.5. The van der Waals surface area contributed by atoms with Gasteiger partial charge < -0.3 is 4.90 Å². The minimum absolute atomic E-state index is 0.261. The van der Waals surface area contributed by atoms with E-state index in [2.05, 4.69) is 19.9 Å². The predicted octanol–water partition coefficient (Wildman–Crippen LogP) is 1.57. The lowest BCUT2D eigenvalue weighted by Crippen LogP contribution is -2.49. The summed E-state index contributed by atoms with van der Waals surface area (Å²) in [6.45, 7) is 4.71. The van der Waals surface area contributed by atoms with Gasteiger partial charge in [0.05, 0.1) is 6.54 Å². The third-order valence-electron chi connectivity index (χ3n) is 5.19. The molecule has 122 valence electrons. The summed E-state index contributed by atoms with van der Waals surface area (Å²) in [6, 6.07) is 0.931. The largest absolute Gasteiger partial charge is 0.337 e. The van der Waals surface area contributed by atoms with Crippen LogP contribution in [0.25, 0.3) is 0 Å². The van der Waals surface area contributed by atoms with Crippen LogP contribution in [-0.4, -0.2) is 55.6 Å². The molecule has 1 aliphatic heterocycles. The van der Waals surface area contributed by atoms with Crippen LogP contribution in [-0.2, 0) is 18.4 Å². The van der Waals surface area contributed by atoms with E-state index in [1.165, 1.54) is 19.3 Å². The summed E-state index contributed by atoms with van der Waals surface area (Å²) in [5.74, 6) is 1.28. The van der Waals surface area contributed by atoms with E-state index in [0.717, 1.165) is 44.7 Å². The average molecular weight is 305 g/mol. The Kier molecular flexibility index (Phi) is 4.76. The van der Waals surface area contributed by atoms with E-state index in [1.807, 2.05) is 11.7 Å². The van der Waals surface area contributed by atoms with Gasteiger partial charge in [-0.15, -0.1) is 0 Å². The van der Waals surface area contributed by atoms with Gasteiger partial charge in [0.1, 0.15) is 12.2 Å². The summed E-state index contributed by atoms with van der Waals surface area (Å²) in [5, 5.41) is 4.14. The molecule has 1 saturated carbocycles. The van der Waals surface area contributed by atoms with Crippen molar-refractivity contribution in [3.63, 3.8) is 0 Å². The van der Waals surface area contributed by atoms with E-state index in [1.54, 1.807) is 13.3 Å². The lowest BCUT2D eigenvalue weighted by atomic mass is 9.89. The molecule has 2 fully saturated rings. The Labute approximate surface area is 132 Å². The van der Waals surface area contributed by atoms with Crippen LogP contribution in [0.4, 0.5) is 0 Å². The molecule has 2 heterocycles. The first-order chi connectivity index (χ1) is 10.6. The molecule has 1 aliphatic carbocycles. The molecule has 2 aliphatic rings. The van der Waals surface area contributed by atoms with E-state index < -0.39 is 0 Å². The molecular formula is C16H27N5O. The minimum atomic E-state index is 0.261. The van der Waals surface area contributed by atoms with Crippen molar-refractivity contribution in [3.8, 4) is 0 Å². The summed E-state index contributed by atoms with van der Waals surface area (Å²) in [4.78, 5) is 21.0. The van der Waals surface area contributed by atoms with E-state index in [9.17, 15) is 4.79 Å². The topological polar surface area (TPSA) is 54.3 Å². The smallest absolute Gasteiger partial charge is 0.219 e. The van der Waals surface area contributed by atoms with Gasteiger partial charge >= 0.3 is 0 Å². The number of amides is 1. The van der Waals surface area contributed by atoms with Gasteiger partial charge in [0.2, 0.25) is 5.91 Å². The molecule has 0 N–H and O–H groups in total. The number of aryl methyl sites for hydroxylation is 1. The van der Waals surface area contributed by atoms with Gasteiger partial charge in [0, 0.05) is 32.6 Å². The van der Waals surface area contributed by atoms with Gasteiger partial charge in [0.25, 0.3) is 0 Å². The normalized spacial score (nSPS) is 23.8. The Hall–Kier alpha value is -1.43. The lowest BCUT2D eigenvalue weighted by Gasteiger charge is -2.42. The van der Waals surface area contributed by atoms with Crippen molar-refractivity contribution in [2.24, 2.45) is 7.05 Å². The lowest BCUT2D eigenvalue weighted by molar-refractivity contribution is -0.136. The highest BCUT2D eigenvalue weighted by Crippen LogP contribution is 2.30. The minimum Gasteiger partial charge on any atom is -0.337 e. The SMILES string of the molecule is CC(=O)N(C1CCC1)C1CCCN(Cc2ncnn2C)CC1. The van der Waals surface area contributed by atoms with Crippen molar-refractivity contribution >= 4 is 5.91 Å². The van der Waals surface area contributed by atoms with Crippen LogP contribution in [0.1, 0.15) is 51.3 Å². The molecule has 1 atom stereocenters. The van der Waals surface area contributed by atoms with E-state index in [-0.39, 0.29) is 5.91 Å². The van der Waals surface area contributed by atoms with E-state index >= 15 is 0 Å². The number of carbonyl (C=O) groups is 1. The first-order valence-electron chi connectivity index (χ1n) is 8.49. The molecule has 1 aromatic rings. The van der Waals surface area contributed by atoms with Gasteiger partial charge in [-0.25, -0.2) is 4.98 Å². The second-order valence-corrected chi connectivity index (χ2v) is 6.67. The Bertz CT molecular complexity index is 510. The number of likely N-dealkylation sites (tertiary alicyclic amines) is 1. The molecule has 6 nitrogen and oxygen atoms in total. The summed E-state index contributed by atoms with van der Waals surface area (Å²) >= 11 is 0. The maximum absolute atomic E-state index is 12.1. The van der Waals surface area contributed by atoms with Gasteiger partial charge in [-0.05, 0) is 45.1 Å². The van der Waals surface area contributed by atoms with Crippen molar-refractivity contribution in [1.82, 2.24) is 24.6 Å². The Morgan fingerprint density at radius 3 is 2.55 bits per heavy atom. The molecule has 6 heteroatoms. The highest BCUT2D eigenvalue weighted by atomic mass is 16.2. The van der Waals surface area contributed by atoms with Crippen LogP contribution in [0.15, 0.2) is 6.33 Å². The van der Waals surface area contributed by atoms with Crippen molar-refractivity contribution in [2.45, 2.75) is 64.1 Å². The zero-order valence-corrected chi connectivity index (χ0v) is 13.7. The third kappa shape index (κ3) is 3.32. The van der Waals surface area contributed by atoms with Crippen LogP contribution in [0.5, 0.6) is 0 Å². The molecular weight excluding hydrogens is 278 g/mol. The van der Waals surface area contributed by atoms with Gasteiger partial charge in [-0.3, -0.25) is 14.4 Å². The summed E-state index contributed by atoms with van der Waals surface area (Å²) in [6.07, 6.45) is 8.64. The van der Waals surface area contributed by atoms with Crippen LogP contribution in [0.2, 0.25) is 0 Å². The van der Waals surface area contributed by atoms with Crippen molar-refractivity contribution < 1.29 is 4.79 Å². The Morgan fingerprint density at radius 2 is 1.95 bits per heavy atom. The Morgan fingerprint density at radius 1 is 1.23 bits per heavy atom. The van der Waals surface area contributed by atoms with Crippen LogP contribution >= 0.6 is 0 Å². The fourth-order valence-electron chi connectivity index (χ4n) is 3.72. The third-order valence-corrected chi connectivity index (χ3v) is 5.19. The molecule has 0 spiro atoms. The van der Waals surface area contributed by atoms with Crippen molar-refractivity contribution in [1.29, 1.82) is 0 Å². The quantitative estimate of drug-likeness (QED) is 0.847. The zero-order valence-electron chi connectivity index (χ0n) is 13.7. The van der Waals surface area contributed by atoms with Gasteiger partial charge in [-0.1, -0.05) is 0 Å². The molecule has 0 aromatic carbocycles. The van der Waals surface area contributed by atoms with Gasteiger partial charge in [0.15, 0.2) is 0 Å². The monoisotopic (exact) mass is 305 g/mol. The number of aromatic nitrogens is 3. The molecule has 1 amide bonds. The fourth-order valence-corrected chi connectivity index (χ4v) is 3.72. The number of rotatable bonds is 4. The highest BCUT2D eigenvalue weighted by molar-refractivity contribution is 5.74. The molecule has 0 bridgehead atoms. The number of hydrogen-bond donors (Lipinski definition) is 0. The second kappa shape index (κ2) is 6.77. The van der Waals surface area contributed by atoms with E-state index in [4.69, 9.17) is 0 Å². The van der Waals surface area contributed by atoms with Crippen molar-refractivity contribution in [3.05, 3.63) is 12.2 Å². The standard InChI is InChI=1S/C16H27N5O/c1-13(22)21(14-5-3-6-14)15-7-4-9-20(10-8-15)11-16-17-12-18-19(16)2/h12,14-15H,3-11H2,1-2H3. The molecule has 3 rings (SSSR count). The molecule has 22 heavy (non-hydrogen) atoms. The van der Waals surface area contributed by atoms with Gasteiger partial charge in [-0.2, -0.15) is 5.10 Å². The summed E-state index contributed by atoms with van der Waals surface area (Å²) in [7, 11) is 1.94. The maximum atomic E-state index is 12.1. The first-order valence-corrected chi connectivity index (χ1v) is 8.49. The molecule has 0 radical (unpaired) electrons. The number of hydrogen-bond acceptors (Lipinski definition) is 4. The Balaban J connectivity index is 1.59. The second-order valence-electron chi connectivity index (χ2n) is 6.67. The average Bonchev–Trinajstić information content (AvgIpc) is 2.70. The van der Waals surface area contributed by atoms with Crippen LogP contribution in [0, 0.1) is 0 Å². The predicted molar refractivity (Wildman–Crippen MR) is 84.1 cm³/mol. The van der Waals surface area contributed by atoms with Crippen LogP contribution in [0.3, 0.4) is 0 Å². The number of carbonyl (C=O) groups excluding carboxylic acids is 1. The van der Waals surface area contributed by atoms with Crippen LogP contribution < -0.4 is 0 Å². The summed E-state index contributed by atoms with van der Waals surface area (Å²) < 4.78 is 1.85. The fraction of sp³-hybridized carbons (Fsp3) is 0.812.